The van der Waals surface area contributed by atoms with Crippen LogP contribution in [0, 0.1) is 5.41 Å². The van der Waals surface area contributed by atoms with Crippen LogP contribution in [0.25, 0.3) is 0 Å². The summed E-state index contributed by atoms with van der Waals surface area (Å²) in [4.78, 5) is 34.3. The zero-order valence-corrected chi connectivity index (χ0v) is 11.6. The Morgan fingerprint density at radius 3 is 2.20 bits per heavy atom. The van der Waals surface area contributed by atoms with E-state index in [1.807, 2.05) is 0 Å². The van der Waals surface area contributed by atoms with Crippen LogP contribution in [0.2, 0.25) is 0 Å². The molecule has 0 radical (unpaired) electrons. The third-order valence-electron chi connectivity index (χ3n) is 2.80. The Morgan fingerprint density at radius 2 is 1.75 bits per heavy atom. The average Bonchev–Trinajstić information content (AvgIpc) is 2.33. The molecule has 0 bridgehead atoms. The van der Waals surface area contributed by atoms with E-state index in [9.17, 15) is 14.4 Å². The average molecular weight is 278 g/mol. The first kappa shape index (κ1) is 15.7. The Bertz CT molecular complexity index is 546. The maximum Gasteiger partial charge on any atom is 0.326 e. The standard InChI is InChI=1S/C14H18N2O4/c1-14(2,3)10(13(19)20)16-12(18)9-6-4-5-8(7-9)11(15)17/h4-7,10H,1-3H3,(H2,15,17)(H,16,18)(H,19,20)/t10-/m1/s1. The van der Waals surface area contributed by atoms with Gasteiger partial charge < -0.3 is 16.2 Å². The number of primary amides is 1. The van der Waals surface area contributed by atoms with E-state index in [4.69, 9.17) is 10.8 Å². The summed E-state index contributed by atoms with van der Waals surface area (Å²) in [5.74, 6) is -2.32. The molecule has 0 aliphatic carbocycles. The molecule has 4 N–H and O–H groups in total. The van der Waals surface area contributed by atoms with Crippen molar-refractivity contribution in [3.63, 3.8) is 0 Å². The lowest BCUT2D eigenvalue weighted by Gasteiger charge is -2.27. The van der Waals surface area contributed by atoms with Crippen molar-refractivity contribution in [2.24, 2.45) is 11.1 Å². The maximum atomic E-state index is 12.1. The van der Waals surface area contributed by atoms with Gasteiger partial charge in [-0.1, -0.05) is 26.8 Å². The summed E-state index contributed by atoms with van der Waals surface area (Å²) in [6.07, 6.45) is 0. The summed E-state index contributed by atoms with van der Waals surface area (Å²) in [5, 5.41) is 11.6. The van der Waals surface area contributed by atoms with E-state index in [1.165, 1.54) is 24.3 Å². The third-order valence-corrected chi connectivity index (χ3v) is 2.80. The van der Waals surface area contributed by atoms with Crippen molar-refractivity contribution in [3.8, 4) is 0 Å². The highest BCUT2D eigenvalue weighted by atomic mass is 16.4. The molecule has 0 heterocycles. The molecule has 0 aromatic heterocycles. The first-order chi connectivity index (χ1) is 9.12. The van der Waals surface area contributed by atoms with E-state index in [0.29, 0.717) is 0 Å². The van der Waals surface area contributed by atoms with Crippen LogP contribution in [0.5, 0.6) is 0 Å². The van der Waals surface area contributed by atoms with Crippen LogP contribution >= 0.6 is 0 Å². The summed E-state index contributed by atoms with van der Waals surface area (Å²) in [5.41, 5.74) is 4.89. The second-order valence-corrected chi connectivity index (χ2v) is 5.56. The number of hydrogen-bond donors (Lipinski definition) is 3. The number of hydrogen-bond acceptors (Lipinski definition) is 3. The van der Waals surface area contributed by atoms with Crippen molar-refractivity contribution in [3.05, 3.63) is 35.4 Å². The number of carbonyl (C=O) groups excluding carboxylic acids is 2. The van der Waals surface area contributed by atoms with E-state index < -0.39 is 29.2 Å². The molecule has 0 fully saturated rings. The minimum Gasteiger partial charge on any atom is -0.480 e. The summed E-state index contributed by atoms with van der Waals surface area (Å²) in [6, 6.07) is 4.79. The van der Waals surface area contributed by atoms with E-state index in [2.05, 4.69) is 5.32 Å². The lowest BCUT2D eigenvalue weighted by molar-refractivity contribution is -0.142. The first-order valence-electron chi connectivity index (χ1n) is 6.06. The number of carboxylic acids is 1. The number of amides is 2. The van der Waals surface area contributed by atoms with E-state index >= 15 is 0 Å². The van der Waals surface area contributed by atoms with Crippen molar-refractivity contribution in [2.45, 2.75) is 26.8 Å². The molecule has 0 spiro atoms. The minimum absolute atomic E-state index is 0.191. The number of benzene rings is 1. The summed E-state index contributed by atoms with van der Waals surface area (Å²) in [6.45, 7) is 5.14. The Hall–Kier alpha value is -2.37. The number of carboxylic acid groups (broad SMARTS) is 1. The molecule has 0 saturated heterocycles. The number of nitrogens with one attached hydrogen (secondary N) is 1. The smallest absolute Gasteiger partial charge is 0.326 e. The predicted molar refractivity (Wildman–Crippen MR) is 73.3 cm³/mol. The second kappa shape index (κ2) is 5.73. The molecule has 2 amide bonds. The van der Waals surface area contributed by atoms with Gasteiger partial charge in [-0.25, -0.2) is 4.79 Å². The third kappa shape index (κ3) is 3.81. The Labute approximate surface area is 117 Å². The van der Waals surface area contributed by atoms with E-state index in [-0.39, 0.29) is 11.1 Å². The normalized spacial score (nSPS) is 12.6. The lowest BCUT2D eigenvalue weighted by atomic mass is 9.86. The molecule has 108 valence electrons. The maximum absolute atomic E-state index is 12.1. The van der Waals surface area contributed by atoms with Crippen LogP contribution in [0.4, 0.5) is 0 Å². The van der Waals surface area contributed by atoms with Crippen molar-refractivity contribution >= 4 is 17.8 Å². The Balaban J connectivity index is 2.98. The van der Waals surface area contributed by atoms with Crippen LogP contribution in [0.15, 0.2) is 24.3 Å². The minimum atomic E-state index is -1.11. The van der Waals surface area contributed by atoms with Gasteiger partial charge in [-0.3, -0.25) is 9.59 Å². The van der Waals surface area contributed by atoms with Gasteiger partial charge in [0, 0.05) is 11.1 Å². The first-order valence-corrected chi connectivity index (χ1v) is 6.06. The fourth-order valence-electron chi connectivity index (χ4n) is 1.68. The van der Waals surface area contributed by atoms with Gasteiger partial charge in [0.1, 0.15) is 6.04 Å². The van der Waals surface area contributed by atoms with Crippen LogP contribution in [0.1, 0.15) is 41.5 Å². The summed E-state index contributed by atoms with van der Waals surface area (Å²) in [7, 11) is 0. The van der Waals surface area contributed by atoms with Crippen LogP contribution in [-0.4, -0.2) is 28.9 Å². The van der Waals surface area contributed by atoms with Gasteiger partial charge in [-0.05, 0) is 23.6 Å². The van der Waals surface area contributed by atoms with Gasteiger partial charge in [0.25, 0.3) is 5.91 Å². The molecule has 1 rings (SSSR count). The van der Waals surface area contributed by atoms with Crippen LogP contribution in [-0.2, 0) is 4.79 Å². The van der Waals surface area contributed by atoms with Crippen molar-refractivity contribution in [1.29, 1.82) is 0 Å². The van der Waals surface area contributed by atoms with E-state index in [1.54, 1.807) is 20.8 Å². The molecule has 20 heavy (non-hydrogen) atoms. The molecule has 0 saturated carbocycles. The largest absolute Gasteiger partial charge is 0.480 e. The number of rotatable bonds is 4. The molecular formula is C14H18N2O4. The Kier molecular flexibility index (Phi) is 4.49. The van der Waals surface area contributed by atoms with E-state index in [0.717, 1.165) is 0 Å². The monoisotopic (exact) mass is 278 g/mol. The van der Waals surface area contributed by atoms with Crippen LogP contribution in [0.3, 0.4) is 0 Å². The summed E-state index contributed by atoms with van der Waals surface area (Å²) < 4.78 is 0. The fraction of sp³-hybridized carbons (Fsp3) is 0.357. The van der Waals surface area contributed by atoms with Gasteiger partial charge in [-0.2, -0.15) is 0 Å². The quantitative estimate of drug-likeness (QED) is 0.763. The number of carbonyl (C=O) groups is 3. The number of aliphatic carboxylic acids is 1. The molecule has 6 heteroatoms. The van der Waals surface area contributed by atoms with Gasteiger partial charge in [-0.15, -0.1) is 0 Å². The predicted octanol–water partition coefficient (Wildman–Crippen LogP) is 1.01. The SMILES string of the molecule is CC(C)(C)[C@H](NC(=O)c1cccc(C(N)=O)c1)C(=O)O. The topological polar surface area (TPSA) is 109 Å². The van der Waals surface area contributed by atoms with Crippen molar-refractivity contribution in [2.75, 3.05) is 0 Å². The molecule has 1 aromatic carbocycles. The summed E-state index contributed by atoms with van der Waals surface area (Å²) >= 11 is 0. The molecule has 6 nitrogen and oxygen atoms in total. The van der Waals surface area contributed by atoms with Gasteiger partial charge >= 0.3 is 5.97 Å². The van der Waals surface area contributed by atoms with Gasteiger partial charge in [0.05, 0.1) is 0 Å². The fourth-order valence-corrected chi connectivity index (χ4v) is 1.68. The zero-order valence-electron chi connectivity index (χ0n) is 11.6. The highest BCUT2D eigenvalue weighted by Crippen LogP contribution is 2.20. The molecular weight excluding hydrogens is 260 g/mol. The van der Waals surface area contributed by atoms with Crippen molar-refractivity contribution in [1.82, 2.24) is 5.32 Å². The molecule has 0 aliphatic rings. The highest BCUT2D eigenvalue weighted by molar-refractivity contribution is 6.00. The van der Waals surface area contributed by atoms with Gasteiger partial charge in [0.15, 0.2) is 0 Å². The van der Waals surface area contributed by atoms with Crippen molar-refractivity contribution < 1.29 is 19.5 Å². The molecule has 1 aromatic rings. The van der Waals surface area contributed by atoms with Crippen LogP contribution < -0.4 is 11.1 Å². The van der Waals surface area contributed by atoms with Gasteiger partial charge in [0.2, 0.25) is 5.91 Å². The second-order valence-electron chi connectivity index (χ2n) is 5.56. The lowest BCUT2D eigenvalue weighted by Crippen LogP contribution is -2.49. The molecule has 0 unspecified atom stereocenters. The Morgan fingerprint density at radius 1 is 1.20 bits per heavy atom. The molecule has 1 atom stereocenters. The highest BCUT2D eigenvalue weighted by Gasteiger charge is 2.32. The zero-order chi connectivity index (χ0) is 15.5. The molecule has 0 aliphatic heterocycles. The number of nitrogens with two attached hydrogens (primary N) is 1.